The number of nitrogens with two attached hydrogens (primary N) is 1. The average molecular weight is 266 g/mol. The molecule has 0 aliphatic heterocycles. The summed E-state index contributed by atoms with van der Waals surface area (Å²) >= 11 is 0. The zero-order valence-electron chi connectivity index (χ0n) is 11.1. The van der Waals surface area contributed by atoms with E-state index in [1.54, 1.807) is 16.8 Å². The highest BCUT2D eigenvalue weighted by molar-refractivity contribution is 5.92. The highest BCUT2D eigenvalue weighted by Crippen LogP contribution is 2.25. The van der Waals surface area contributed by atoms with E-state index in [4.69, 9.17) is 5.73 Å². The molecule has 0 amide bonds. The minimum Gasteiger partial charge on any atom is -0.394 e. The molecule has 3 rings (SSSR count). The molecule has 20 heavy (non-hydrogen) atoms. The summed E-state index contributed by atoms with van der Waals surface area (Å²) in [6.07, 6.45) is 3.31. The molecule has 2 aromatic heterocycles. The second kappa shape index (κ2) is 4.77. The molecule has 0 saturated carbocycles. The van der Waals surface area contributed by atoms with Gasteiger partial charge in [0, 0.05) is 23.7 Å². The number of aryl methyl sites for hydroxylation is 1. The van der Waals surface area contributed by atoms with Crippen LogP contribution in [0.4, 0.5) is 5.69 Å². The molecule has 0 aliphatic carbocycles. The van der Waals surface area contributed by atoms with E-state index in [0.717, 1.165) is 22.2 Å². The van der Waals surface area contributed by atoms with Crippen LogP contribution in [0, 0.1) is 0 Å². The third-order valence-corrected chi connectivity index (χ3v) is 3.27. The molecule has 0 unspecified atom stereocenters. The van der Waals surface area contributed by atoms with Gasteiger partial charge in [0.15, 0.2) is 0 Å². The van der Waals surface area contributed by atoms with Crippen molar-refractivity contribution in [3.05, 3.63) is 53.2 Å². The first-order chi connectivity index (χ1) is 9.70. The number of fused-ring (bicyclic) bond motifs is 1. The molecule has 0 saturated heterocycles. The molecule has 0 spiro atoms. The Morgan fingerprint density at radius 3 is 2.85 bits per heavy atom. The van der Waals surface area contributed by atoms with Gasteiger partial charge in [0.25, 0.3) is 5.56 Å². The fraction of sp³-hybridized carbons (Fsp3) is 0.133. The van der Waals surface area contributed by atoms with Crippen LogP contribution < -0.4 is 11.3 Å². The van der Waals surface area contributed by atoms with E-state index in [1.807, 2.05) is 31.2 Å². The Bertz CT molecular complexity index is 833. The van der Waals surface area contributed by atoms with E-state index >= 15 is 0 Å². The van der Waals surface area contributed by atoms with Crippen LogP contribution in [0.5, 0.6) is 0 Å². The lowest BCUT2D eigenvalue weighted by Gasteiger charge is -2.09. The summed E-state index contributed by atoms with van der Waals surface area (Å²) in [6.45, 7) is 2.47. The van der Waals surface area contributed by atoms with Crippen molar-refractivity contribution in [2.45, 2.75) is 13.5 Å². The van der Waals surface area contributed by atoms with E-state index in [9.17, 15) is 4.79 Å². The number of benzene rings is 1. The average Bonchev–Trinajstić information content (AvgIpc) is 2.49. The normalized spacial score (nSPS) is 10.8. The van der Waals surface area contributed by atoms with Crippen LogP contribution in [-0.4, -0.2) is 14.5 Å². The van der Waals surface area contributed by atoms with Gasteiger partial charge in [-0.25, -0.2) is 9.97 Å². The monoisotopic (exact) mass is 266 g/mol. The van der Waals surface area contributed by atoms with Crippen LogP contribution in [-0.2, 0) is 6.54 Å². The molecule has 3 aromatic rings. The number of para-hydroxylation sites is 1. The van der Waals surface area contributed by atoms with Crippen molar-refractivity contribution in [1.82, 2.24) is 14.5 Å². The van der Waals surface area contributed by atoms with Crippen molar-refractivity contribution in [2.75, 3.05) is 5.73 Å². The zero-order chi connectivity index (χ0) is 14.1. The summed E-state index contributed by atoms with van der Waals surface area (Å²) in [6, 6.07) is 9.43. The Morgan fingerprint density at radius 2 is 2.05 bits per heavy atom. The predicted octanol–water partition coefficient (Wildman–Crippen LogP) is 2.06. The van der Waals surface area contributed by atoms with Crippen LogP contribution in [0.3, 0.4) is 0 Å². The number of hydrogen-bond donors (Lipinski definition) is 1. The molecule has 100 valence electrons. The molecule has 0 fully saturated rings. The first-order valence-electron chi connectivity index (χ1n) is 6.40. The number of anilines is 1. The van der Waals surface area contributed by atoms with Crippen LogP contribution in [0.15, 0.2) is 47.7 Å². The third kappa shape index (κ3) is 1.93. The maximum atomic E-state index is 11.9. The van der Waals surface area contributed by atoms with E-state index in [1.165, 1.54) is 6.33 Å². The fourth-order valence-corrected chi connectivity index (χ4v) is 2.26. The Labute approximate surface area is 115 Å². The van der Waals surface area contributed by atoms with E-state index in [2.05, 4.69) is 9.97 Å². The molecule has 5 heteroatoms. The molecule has 0 atom stereocenters. The van der Waals surface area contributed by atoms with Crippen LogP contribution >= 0.6 is 0 Å². The molecule has 2 N–H and O–H groups in total. The summed E-state index contributed by atoms with van der Waals surface area (Å²) in [5, 5.41) is 0.940. The van der Waals surface area contributed by atoms with Crippen molar-refractivity contribution in [2.24, 2.45) is 0 Å². The maximum absolute atomic E-state index is 11.9. The number of hydrogen-bond acceptors (Lipinski definition) is 4. The van der Waals surface area contributed by atoms with Crippen molar-refractivity contribution in [3.8, 4) is 11.3 Å². The van der Waals surface area contributed by atoms with Gasteiger partial charge in [-0.1, -0.05) is 18.2 Å². The van der Waals surface area contributed by atoms with Crippen molar-refractivity contribution < 1.29 is 0 Å². The first kappa shape index (κ1) is 12.3. The summed E-state index contributed by atoms with van der Waals surface area (Å²) in [5.41, 5.74) is 8.33. The van der Waals surface area contributed by atoms with Gasteiger partial charge in [0.1, 0.15) is 6.33 Å². The van der Waals surface area contributed by atoms with Gasteiger partial charge >= 0.3 is 0 Å². The molecule has 2 heterocycles. The Kier molecular flexibility index (Phi) is 2.95. The zero-order valence-corrected chi connectivity index (χ0v) is 11.1. The van der Waals surface area contributed by atoms with Crippen molar-refractivity contribution >= 4 is 16.6 Å². The number of nitrogens with zero attached hydrogens (tertiary/aromatic N) is 3. The topological polar surface area (TPSA) is 73.8 Å². The second-order valence-electron chi connectivity index (χ2n) is 4.51. The van der Waals surface area contributed by atoms with E-state index in [0.29, 0.717) is 6.54 Å². The predicted molar refractivity (Wildman–Crippen MR) is 79.3 cm³/mol. The Balaban J connectivity index is 2.31. The van der Waals surface area contributed by atoms with Gasteiger partial charge < -0.3 is 10.3 Å². The molecule has 1 aromatic carbocycles. The quantitative estimate of drug-likeness (QED) is 0.770. The van der Waals surface area contributed by atoms with Crippen LogP contribution in [0.1, 0.15) is 6.92 Å². The summed E-state index contributed by atoms with van der Waals surface area (Å²) in [7, 11) is 0. The fourth-order valence-electron chi connectivity index (χ4n) is 2.26. The molecule has 5 nitrogen and oxygen atoms in total. The largest absolute Gasteiger partial charge is 0.394 e. The number of nitrogen functional groups attached to an aromatic ring is 1. The van der Waals surface area contributed by atoms with Gasteiger partial charge in [0.05, 0.1) is 16.9 Å². The van der Waals surface area contributed by atoms with Gasteiger partial charge in [-0.3, -0.25) is 4.79 Å². The van der Waals surface area contributed by atoms with Crippen LogP contribution in [0.2, 0.25) is 0 Å². The highest BCUT2D eigenvalue weighted by atomic mass is 16.1. The third-order valence-electron chi connectivity index (χ3n) is 3.27. The lowest BCUT2D eigenvalue weighted by atomic mass is 10.1. The van der Waals surface area contributed by atoms with E-state index in [-0.39, 0.29) is 11.2 Å². The molecule has 0 aliphatic rings. The van der Waals surface area contributed by atoms with Gasteiger partial charge in [-0.2, -0.15) is 0 Å². The molecular weight excluding hydrogens is 252 g/mol. The highest BCUT2D eigenvalue weighted by Gasteiger charge is 2.09. The summed E-state index contributed by atoms with van der Waals surface area (Å²) in [5.74, 6) is 0. The Morgan fingerprint density at radius 1 is 1.25 bits per heavy atom. The first-order valence-corrected chi connectivity index (χ1v) is 6.40. The number of pyridine rings is 1. The smallest absolute Gasteiger partial charge is 0.273 e. The minimum absolute atomic E-state index is 0.172. The number of rotatable bonds is 2. The second-order valence-corrected chi connectivity index (χ2v) is 4.51. The number of aromatic nitrogens is 3. The van der Waals surface area contributed by atoms with E-state index < -0.39 is 0 Å². The van der Waals surface area contributed by atoms with Gasteiger partial charge in [0.2, 0.25) is 0 Å². The van der Waals surface area contributed by atoms with Crippen molar-refractivity contribution in [1.29, 1.82) is 0 Å². The van der Waals surface area contributed by atoms with Crippen LogP contribution in [0.25, 0.3) is 22.2 Å². The Hall–Kier alpha value is -2.69. The lowest BCUT2D eigenvalue weighted by Crippen LogP contribution is -2.21. The SMILES string of the molecule is CCn1cc(-c2ncnc3ccccc23)cc(N)c1=O. The summed E-state index contributed by atoms with van der Waals surface area (Å²) in [4.78, 5) is 20.4. The van der Waals surface area contributed by atoms with Gasteiger partial charge in [-0.15, -0.1) is 0 Å². The molecule has 0 bridgehead atoms. The molecule has 0 radical (unpaired) electrons. The summed E-state index contributed by atoms with van der Waals surface area (Å²) < 4.78 is 1.58. The standard InChI is InChI=1S/C15H14N4O/c1-2-19-8-10(7-12(16)15(19)20)14-11-5-3-4-6-13(11)17-9-18-14/h3-9H,2,16H2,1H3. The van der Waals surface area contributed by atoms with Gasteiger partial charge in [-0.05, 0) is 19.1 Å². The minimum atomic E-state index is -0.172. The molecular formula is C15H14N4O. The van der Waals surface area contributed by atoms with Crippen molar-refractivity contribution in [3.63, 3.8) is 0 Å². The maximum Gasteiger partial charge on any atom is 0.273 e. The lowest BCUT2D eigenvalue weighted by molar-refractivity contribution is 0.731.